The molecule has 0 aliphatic carbocycles. The summed E-state index contributed by atoms with van der Waals surface area (Å²) in [6.45, 7) is 1.22. The van der Waals surface area contributed by atoms with Crippen LogP contribution in [0.2, 0.25) is 0 Å². The van der Waals surface area contributed by atoms with Gasteiger partial charge in [-0.15, -0.1) is 10.2 Å². The number of nitrogens with one attached hydrogen (secondary N) is 1. The average Bonchev–Trinajstić information content (AvgIpc) is 3.46. The van der Waals surface area contributed by atoms with Gasteiger partial charge in [-0.25, -0.2) is 18.0 Å². The number of methoxy groups -OCH3 is 1. The van der Waals surface area contributed by atoms with Gasteiger partial charge in [0, 0.05) is 24.8 Å². The first-order valence-electron chi connectivity index (χ1n) is 12.3. The summed E-state index contributed by atoms with van der Waals surface area (Å²) in [7, 11) is 1.48. The molecule has 1 atom stereocenters. The van der Waals surface area contributed by atoms with Crippen LogP contribution in [0.1, 0.15) is 12.8 Å². The van der Waals surface area contributed by atoms with Gasteiger partial charge in [-0.3, -0.25) is 9.29 Å². The second kappa shape index (κ2) is 9.45. The number of anilines is 1. The van der Waals surface area contributed by atoms with Crippen LogP contribution in [-0.2, 0) is 11.3 Å². The molecular weight excluding hydrogens is 489 g/mol. The normalized spacial score (nSPS) is 20.4. The zero-order valence-electron chi connectivity index (χ0n) is 20.3. The Bertz CT molecular complexity index is 1420. The van der Waals surface area contributed by atoms with Crippen LogP contribution in [0.15, 0.2) is 30.5 Å². The van der Waals surface area contributed by atoms with Crippen molar-refractivity contribution in [1.29, 1.82) is 0 Å². The molecule has 0 radical (unpaired) electrons. The first-order chi connectivity index (χ1) is 18.0. The van der Waals surface area contributed by atoms with E-state index in [-0.39, 0.29) is 30.8 Å². The molecule has 4 aromatic rings. The third-order valence-electron chi connectivity index (χ3n) is 7.07. The van der Waals surface area contributed by atoms with Crippen molar-refractivity contribution >= 4 is 22.5 Å². The van der Waals surface area contributed by atoms with Gasteiger partial charge in [0.2, 0.25) is 11.8 Å². The summed E-state index contributed by atoms with van der Waals surface area (Å²) in [5.41, 5.74) is 3.73. The van der Waals surface area contributed by atoms with E-state index in [0.717, 1.165) is 16.6 Å². The molecule has 0 bridgehead atoms. The molecular formula is C24H27F3N8O2. The van der Waals surface area contributed by atoms with Crippen LogP contribution in [0.5, 0.6) is 5.88 Å². The van der Waals surface area contributed by atoms with Crippen molar-refractivity contribution in [3.05, 3.63) is 30.5 Å². The fourth-order valence-electron chi connectivity index (χ4n) is 4.98. The Labute approximate surface area is 210 Å². The number of halogens is 3. The molecule has 0 amide bonds. The summed E-state index contributed by atoms with van der Waals surface area (Å²) < 4.78 is 56.6. The van der Waals surface area contributed by atoms with Crippen molar-refractivity contribution in [3.8, 4) is 17.0 Å². The number of alkyl halides is 3. The largest absolute Gasteiger partial charge is 0.479 e. The van der Waals surface area contributed by atoms with Crippen molar-refractivity contribution in [3.63, 3.8) is 0 Å². The third kappa shape index (κ3) is 4.35. The maximum absolute atomic E-state index is 15.0. The number of rotatable bonds is 8. The highest BCUT2D eigenvalue weighted by atomic mass is 19.3. The number of hydrogen-bond donors (Lipinski definition) is 1. The molecule has 10 nitrogen and oxygen atoms in total. The summed E-state index contributed by atoms with van der Waals surface area (Å²) in [4.78, 5) is 6.22. The van der Waals surface area contributed by atoms with Crippen LogP contribution >= 0.6 is 0 Å². The lowest BCUT2D eigenvalue weighted by Gasteiger charge is -2.44. The topological polar surface area (TPSA) is 94.6 Å². The van der Waals surface area contributed by atoms with E-state index in [2.05, 4.69) is 25.7 Å². The number of aromatic nitrogens is 6. The highest BCUT2D eigenvalue weighted by Gasteiger charge is 2.47. The van der Waals surface area contributed by atoms with E-state index in [1.54, 1.807) is 20.3 Å². The van der Waals surface area contributed by atoms with Gasteiger partial charge in [-0.05, 0) is 36.6 Å². The zero-order valence-corrected chi connectivity index (χ0v) is 20.3. The van der Waals surface area contributed by atoms with Gasteiger partial charge in [0.1, 0.15) is 11.0 Å². The van der Waals surface area contributed by atoms with E-state index in [1.807, 2.05) is 24.3 Å². The van der Waals surface area contributed by atoms with Crippen LogP contribution in [0.4, 0.5) is 19.1 Å². The Morgan fingerprint density at radius 1 is 1.24 bits per heavy atom. The number of nitrogens with zero attached hydrogens (tertiary/aromatic N) is 7. The first kappa shape index (κ1) is 23.9. The lowest BCUT2D eigenvalue weighted by molar-refractivity contribution is -0.131. The molecule has 2 aliphatic rings. The fraction of sp³-hybridized carbons (Fsp3) is 0.500. The van der Waals surface area contributed by atoms with Crippen molar-refractivity contribution in [2.45, 2.75) is 37.4 Å². The van der Waals surface area contributed by atoms with E-state index in [1.165, 1.54) is 7.11 Å². The molecule has 196 valence electrons. The van der Waals surface area contributed by atoms with Crippen molar-refractivity contribution < 1.29 is 22.6 Å². The summed E-state index contributed by atoms with van der Waals surface area (Å²) in [5, 5.41) is 15.6. The number of aryl methyl sites for hydroxylation is 1. The number of piperidine rings is 1. The van der Waals surface area contributed by atoms with E-state index in [0.29, 0.717) is 43.8 Å². The van der Waals surface area contributed by atoms with E-state index in [9.17, 15) is 13.2 Å². The van der Waals surface area contributed by atoms with E-state index >= 15 is 0 Å². The predicted octanol–water partition coefficient (Wildman–Crippen LogP) is 3.03. The van der Waals surface area contributed by atoms with E-state index in [4.69, 9.17) is 9.47 Å². The fourth-order valence-corrected chi connectivity index (χ4v) is 4.98. The number of ether oxygens (including phenoxy) is 2. The third-order valence-corrected chi connectivity index (χ3v) is 7.07. The molecule has 2 fully saturated rings. The predicted molar refractivity (Wildman–Crippen MR) is 130 cm³/mol. The minimum Gasteiger partial charge on any atom is -0.479 e. The molecule has 1 N–H and O–H groups in total. The number of likely N-dealkylation sites (tertiary alicyclic amines) is 1. The average molecular weight is 517 g/mol. The van der Waals surface area contributed by atoms with Crippen LogP contribution in [-0.4, -0.2) is 92.6 Å². The second-order valence-corrected chi connectivity index (χ2v) is 9.43. The van der Waals surface area contributed by atoms with Crippen molar-refractivity contribution in [2.75, 3.05) is 45.4 Å². The highest BCUT2D eigenvalue weighted by molar-refractivity contribution is 5.89. The van der Waals surface area contributed by atoms with Gasteiger partial charge in [-0.1, -0.05) is 11.3 Å². The van der Waals surface area contributed by atoms with Crippen molar-refractivity contribution in [1.82, 2.24) is 34.5 Å². The number of hydrogen-bond acceptors (Lipinski definition) is 8. The van der Waals surface area contributed by atoms with Gasteiger partial charge in [0.05, 0.1) is 51.1 Å². The highest BCUT2D eigenvalue weighted by Crippen LogP contribution is 2.35. The Balaban J connectivity index is 1.29. The van der Waals surface area contributed by atoms with Crippen LogP contribution in [0.3, 0.4) is 0 Å². The number of benzene rings is 1. The quantitative estimate of drug-likeness (QED) is 0.382. The summed E-state index contributed by atoms with van der Waals surface area (Å²) in [6.07, 6.45) is 2.34. The van der Waals surface area contributed by atoms with Crippen LogP contribution < -0.4 is 10.1 Å². The Hall–Kier alpha value is -3.45. The minimum absolute atomic E-state index is 0.0650. The molecule has 3 aromatic heterocycles. The molecule has 0 spiro atoms. The smallest absolute Gasteiger partial charge is 0.280 e. The van der Waals surface area contributed by atoms with Crippen LogP contribution in [0.25, 0.3) is 27.7 Å². The van der Waals surface area contributed by atoms with Crippen LogP contribution in [0, 0.1) is 0 Å². The summed E-state index contributed by atoms with van der Waals surface area (Å²) in [6, 6.07) is 6.51. The zero-order chi connectivity index (χ0) is 25.6. The maximum Gasteiger partial charge on any atom is 0.280 e. The SMILES string of the molecule is COc1nc(NC2CCN(C3COC3)CC2(F)F)nn2ccc(-c3ccc4nnn(CCCF)c4c3)c12. The lowest BCUT2D eigenvalue weighted by atomic mass is 9.98. The molecule has 0 saturated carbocycles. The molecule has 2 saturated heterocycles. The second-order valence-electron chi connectivity index (χ2n) is 9.43. The minimum atomic E-state index is -2.95. The Morgan fingerprint density at radius 2 is 2.11 bits per heavy atom. The van der Waals surface area contributed by atoms with Gasteiger partial charge >= 0.3 is 0 Å². The molecule has 1 aromatic carbocycles. The van der Waals surface area contributed by atoms with Gasteiger partial charge in [0.25, 0.3) is 5.92 Å². The standard InChI is InChI=1S/C24H27F3N8O2/c1-36-22-21-17(15-3-4-18-19(11-15)34(32-30-18)8-2-7-25)5-10-35(21)31-23(29-22)28-20-6-9-33(14-24(20,26)27)16-12-37-13-16/h3-5,10-11,16,20H,2,6-9,12-14H2,1H3,(H,28,31). The van der Waals surface area contributed by atoms with Gasteiger partial charge in [-0.2, -0.15) is 4.98 Å². The molecule has 13 heteroatoms. The molecule has 2 aliphatic heterocycles. The molecule has 37 heavy (non-hydrogen) atoms. The molecule has 5 heterocycles. The first-order valence-corrected chi connectivity index (χ1v) is 12.3. The molecule has 1 unspecified atom stereocenters. The number of fused-ring (bicyclic) bond motifs is 2. The monoisotopic (exact) mass is 516 g/mol. The summed E-state index contributed by atoms with van der Waals surface area (Å²) in [5.74, 6) is -2.62. The Kier molecular flexibility index (Phi) is 6.11. The van der Waals surface area contributed by atoms with Gasteiger partial charge < -0.3 is 14.8 Å². The lowest BCUT2D eigenvalue weighted by Crippen LogP contribution is -2.61. The Morgan fingerprint density at radius 3 is 2.84 bits per heavy atom. The van der Waals surface area contributed by atoms with E-state index < -0.39 is 18.6 Å². The summed E-state index contributed by atoms with van der Waals surface area (Å²) >= 11 is 0. The maximum atomic E-state index is 15.0. The molecule has 6 rings (SSSR count). The van der Waals surface area contributed by atoms with Crippen molar-refractivity contribution in [2.24, 2.45) is 0 Å². The van der Waals surface area contributed by atoms with Gasteiger partial charge in [0.15, 0.2) is 0 Å².